The van der Waals surface area contributed by atoms with Crippen LogP contribution in [0.25, 0.3) is 33.2 Å². The van der Waals surface area contributed by atoms with Crippen LogP contribution in [0.15, 0.2) is 78.9 Å². The number of nitrogens with zero attached hydrogens (tertiary/aromatic N) is 1. The van der Waals surface area contributed by atoms with Crippen molar-refractivity contribution >= 4 is 51.0 Å². The Kier molecular flexibility index (Phi) is 7.19. The molecule has 0 atom stereocenters. The van der Waals surface area contributed by atoms with Gasteiger partial charge in [0.25, 0.3) is 0 Å². The largest absolute Gasteiger partial charge is 0.462 e. The summed E-state index contributed by atoms with van der Waals surface area (Å²) in [7, 11) is 0. The van der Waals surface area contributed by atoms with Gasteiger partial charge in [0, 0.05) is 33.4 Å². The van der Waals surface area contributed by atoms with Crippen molar-refractivity contribution < 1.29 is 14.3 Å². The summed E-state index contributed by atoms with van der Waals surface area (Å²) in [4.78, 5) is 32.8. The van der Waals surface area contributed by atoms with Gasteiger partial charge >= 0.3 is 5.97 Å². The Bertz CT molecular complexity index is 1590. The average molecular weight is 512 g/mol. The maximum atomic E-state index is 12.6. The quantitative estimate of drug-likeness (QED) is 0.216. The van der Waals surface area contributed by atoms with Crippen LogP contribution in [0, 0.1) is 0 Å². The van der Waals surface area contributed by atoms with Gasteiger partial charge in [0.1, 0.15) is 0 Å². The Morgan fingerprint density at radius 3 is 2.62 bits per heavy atom. The highest BCUT2D eigenvalue weighted by atomic mass is 35.5. The molecule has 0 aliphatic carbocycles. The second kappa shape index (κ2) is 10.8. The number of benzene rings is 3. The molecule has 186 valence electrons. The van der Waals surface area contributed by atoms with Crippen LogP contribution in [-0.2, 0) is 16.0 Å². The number of aromatic amines is 1. The molecule has 2 aromatic heterocycles. The second-order valence-corrected chi connectivity index (χ2v) is 9.19. The number of esters is 1. The van der Waals surface area contributed by atoms with Crippen molar-refractivity contribution in [3.8, 4) is 11.4 Å². The third-order valence-corrected chi connectivity index (χ3v) is 6.47. The molecule has 5 rings (SSSR count). The van der Waals surface area contributed by atoms with Crippen LogP contribution in [0.2, 0.25) is 5.02 Å². The van der Waals surface area contributed by atoms with Crippen LogP contribution in [-0.4, -0.2) is 28.5 Å². The molecule has 5 aromatic rings. The van der Waals surface area contributed by atoms with Crippen LogP contribution < -0.4 is 5.32 Å². The Morgan fingerprint density at radius 1 is 1.00 bits per heavy atom. The fraction of sp³-hybridized carbons (Fsp3) is 0.167. The average Bonchev–Trinajstić information content (AvgIpc) is 3.26. The van der Waals surface area contributed by atoms with E-state index in [0.29, 0.717) is 42.1 Å². The highest BCUT2D eigenvalue weighted by Crippen LogP contribution is 2.33. The van der Waals surface area contributed by atoms with Gasteiger partial charge in [-0.3, -0.25) is 4.79 Å². The molecule has 0 spiro atoms. The summed E-state index contributed by atoms with van der Waals surface area (Å²) in [5.41, 5.74) is 5.88. The molecule has 2 heterocycles. The molecule has 6 nitrogen and oxygen atoms in total. The van der Waals surface area contributed by atoms with Gasteiger partial charge in [0.2, 0.25) is 5.91 Å². The molecule has 0 radical (unpaired) electrons. The number of rotatable bonds is 8. The Labute approximate surface area is 219 Å². The summed E-state index contributed by atoms with van der Waals surface area (Å²) in [5.74, 6) is -0.469. The molecule has 0 saturated carbocycles. The highest BCUT2D eigenvalue weighted by molar-refractivity contribution is 6.31. The zero-order chi connectivity index (χ0) is 25.8. The summed E-state index contributed by atoms with van der Waals surface area (Å²) >= 11 is 6.32. The van der Waals surface area contributed by atoms with E-state index in [-0.39, 0.29) is 11.9 Å². The smallest absolute Gasteiger partial charge is 0.338 e. The molecule has 7 heteroatoms. The monoisotopic (exact) mass is 511 g/mol. The molecule has 37 heavy (non-hydrogen) atoms. The number of halogens is 1. The SMILES string of the molecule is CCOC(=O)c1ccc(NC(=O)CCCc2c(-c3ccc4ccccc4n3)[nH]c3ccc(Cl)cc23)cc1. The lowest BCUT2D eigenvalue weighted by Gasteiger charge is -2.08. The molecule has 3 aromatic carbocycles. The minimum atomic E-state index is -0.379. The van der Waals surface area contributed by atoms with Crippen LogP contribution in [0.1, 0.15) is 35.7 Å². The number of anilines is 1. The van der Waals surface area contributed by atoms with Gasteiger partial charge in [-0.1, -0.05) is 35.9 Å². The van der Waals surface area contributed by atoms with Gasteiger partial charge in [0.05, 0.1) is 29.1 Å². The number of para-hydroxylation sites is 1. The van der Waals surface area contributed by atoms with E-state index >= 15 is 0 Å². The number of nitrogens with one attached hydrogen (secondary N) is 2. The number of amides is 1. The molecule has 0 aliphatic heterocycles. The number of aromatic nitrogens is 2. The van der Waals surface area contributed by atoms with E-state index in [2.05, 4.69) is 16.4 Å². The fourth-order valence-electron chi connectivity index (χ4n) is 4.46. The normalized spacial score (nSPS) is 11.1. The van der Waals surface area contributed by atoms with E-state index in [4.69, 9.17) is 21.3 Å². The number of pyridine rings is 1. The van der Waals surface area contributed by atoms with E-state index in [1.54, 1.807) is 31.2 Å². The van der Waals surface area contributed by atoms with Gasteiger partial charge in [-0.2, -0.15) is 0 Å². The molecular weight excluding hydrogens is 486 g/mol. The fourth-order valence-corrected chi connectivity index (χ4v) is 4.63. The van der Waals surface area contributed by atoms with E-state index < -0.39 is 0 Å². The number of H-pyrrole nitrogens is 1. The zero-order valence-corrected chi connectivity index (χ0v) is 21.1. The van der Waals surface area contributed by atoms with Crippen molar-refractivity contribution in [3.05, 3.63) is 95.0 Å². The lowest BCUT2D eigenvalue weighted by atomic mass is 10.0. The number of carbonyl (C=O) groups is 2. The van der Waals surface area contributed by atoms with E-state index in [0.717, 1.165) is 38.8 Å². The summed E-state index contributed by atoms with van der Waals surface area (Å²) in [6.45, 7) is 2.08. The third-order valence-electron chi connectivity index (χ3n) is 6.23. The molecular formula is C30H26ClN3O3. The first-order valence-electron chi connectivity index (χ1n) is 12.2. The summed E-state index contributed by atoms with van der Waals surface area (Å²) in [6, 6.07) is 24.6. The van der Waals surface area contributed by atoms with Crippen molar-refractivity contribution in [2.45, 2.75) is 26.2 Å². The molecule has 2 N–H and O–H groups in total. The van der Waals surface area contributed by atoms with Crippen LogP contribution in [0.5, 0.6) is 0 Å². The first kappa shape index (κ1) is 24.5. The Hall–Kier alpha value is -4.16. The van der Waals surface area contributed by atoms with E-state index in [9.17, 15) is 9.59 Å². The van der Waals surface area contributed by atoms with Crippen LogP contribution >= 0.6 is 11.6 Å². The lowest BCUT2D eigenvalue weighted by Crippen LogP contribution is -2.12. The molecule has 1 amide bonds. The van der Waals surface area contributed by atoms with Gasteiger partial charge < -0.3 is 15.0 Å². The molecule has 0 aliphatic rings. The predicted molar refractivity (Wildman–Crippen MR) is 148 cm³/mol. The van der Waals surface area contributed by atoms with Gasteiger partial charge in [-0.15, -0.1) is 0 Å². The van der Waals surface area contributed by atoms with Gasteiger partial charge in [0.15, 0.2) is 0 Å². The summed E-state index contributed by atoms with van der Waals surface area (Å²) in [6.07, 6.45) is 1.67. The predicted octanol–water partition coefficient (Wildman–Crippen LogP) is 7.17. The van der Waals surface area contributed by atoms with Crippen molar-refractivity contribution in [1.29, 1.82) is 0 Å². The first-order chi connectivity index (χ1) is 18.0. The lowest BCUT2D eigenvalue weighted by molar-refractivity contribution is -0.116. The standard InChI is InChI=1S/C30H26ClN3O3/c1-2-37-30(36)20-10-14-22(15-11-20)32-28(35)9-5-7-23-24-18-21(31)13-17-26(24)34-29(23)27-16-12-19-6-3-4-8-25(19)33-27/h3-4,6,8,10-18,34H,2,5,7,9H2,1H3,(H,32,35). The van der Waals surface area contributed by atoms with Crippen molar-refractivity contribution in [2.75, 3.05) is 11.9 Å². The number of hydrogen-bond acceptors (Lipinski definition) is 4. The maximum absolute atomic E-state index is 12.6. The number of fused-ring (bicyclic) bond motifs is 2. The molecule has 0 unspecified atom stereocenters. The van der Waals surface area contributed by atoms with Gasteiger partial charge in [-0.25, -0.2) is 9.78 Å². The number of ether oxygens (including phenoxy) is 1. The summed E-state index contributed by atoms with van der Waals surface area (Å²) in [5, 5.41) is 5.68. The number of aryl methyl sites for hydroxylation is 1. The minimum Gasteiger partial charge on any atom is -0.462 e. The Morgan fingerprint density at radius 2 is 1.81 bits per heavy atom. The highest BCUT2D eigenvalue weighted by Gasteiger charge is 2.16. The topological polar surface area (TPSA) is 84.1 Å². The van der Waals surface area contributed by atoms with E-state index in [1.165, 1.54) is 0 Å². The van der Waals surface area contributed by atoms with Crippen molar-refractivity contribution in [2.24, 2.45) is 0 Å². The van der Waals surface area contributed by atoms with E-state index in [1.807, 2.05) is 48.5 Å². The van der Waals surface area contributed by atoms with Crippen LogP contribution in [0.4, 0.5) is 5.69 Å². The number of hydrogen-bond donors (Lipinski definition) is 2. The molecule has 0 fully saturated rings. The Balaban J connectivity index is 1.32. The second-order valence-electron chi connectivity index (χ2n) is 8.76. The number of carbonyl (C=O) groups excluding carboxylic acids is 2. The molecule has 0 bridgehead atoms. The van der Waals surface area contributed by atoms with Crippen molar-refractivity contribution in [1.82, 2.24) is 9.97 Å². The van der Waals surface area contributed by atoms with Gasteiger partial charge in [-0.05, 0) is 79.9 Å². The first-order valence-corrected chi connectivity index (χ1v) is 12.6. The molecule has 0 saturated heterocycles. The van der Waals surface area contributed by atoms with Crippen molar-refractivity contribution in [3.63, 3.8) is 0 Å². The maximum Gasteiger partial charge on any atom is 0.338 e. The third kappa shape index (κ3) is 5.49. The van der Waals surface area contributed by atoms with Crippen LogP contribution in [0.3, 0.4) is 0 Å². The summed E-state index contributed by atoms with van der Waals surface area (Å²) < 4.78 is 5.00. The minimum absolute atomic E-state index is 0.0906. The zero-order valence-electron chi connectivity index (χ0n) is 20.4.